The van der Waals surface area contributed by atoms with Gasteiger partial charge in [-0.15, -0.1) is 0 Å². The largest absolute Gasteiger partial charge is 0.373 e. The number of hydrogen-bond donors (Lipinski definition) is 2. The molecule has 0 spiro atoms. The molecule has 3 atom stereocenters. The van der Waals surface area contributed by atoms with Gasteiger partial charge in [0.1, 0.15) is 12.0 Å². The van der Waals surface area contributed by atoms with Crippen LogP contribution in [0.5, 0.6) is 0 Å². The van der Waals surface area contributed by atoms with E-state index < -0.39 is 6.23 Å². The number of aliphatic imine (C=N–C) groups is 1. The van der Waals surface area contributed by atoms with E-state index in [1.54, 1.807) is 24.4 Å². The van der Waals surface area contributed by atoms with Crippen LogP contribution in [0.3, 0.4) is 0 Å². The molecule has 3 heterocycles. The Bertz CT molecular complexity index is 938. The molecule has 1 aromatic carbocycles. The minimum Gasteiger partial charge on any atom is -0.373 e. The molecular formula is C20H23ClFN5O. The summed E-state index contributed by atoms with van der Waals surface area (Å²) in [6.07, 6.45) is 3.16. The molecule has 2 aliphatic rings. The van der Waals surface area contributed by atoms with Crippen molar-refractivity contribution < 1.29 is 9.50 Å². The first-order valence-electron chi connectivity index (χ1n) is 9.30. The maximum absolute atomic E-state index is 14.6. The monoisotopic (exact) mass is 403 g/mol. The fourth-order valence-corrected chi connectivity index (χ4v) is 4.24. The number of halogens is 2. The summed E-state index contributed by atoms with van der Waals surface area (Å²) >= 11 is 5.91. The van der Waals surface area contributed by atoms with Gasteiger partial charge in [0.05, 0.1) is 17.4 Å². The minimum atomic E-state index is -1.20. The Hall–Kier alpha value is -2.06. The molecule has 2 aromatic rings. The fraction of sp³-hybridized carbons (Fsp3) is 0.400. The van der Waals surface area contributed by atoms with E-state index >= 15 is 0 Å². The minimum absolute atomic E-state index is 0.0703. The molecule has 2 aliphatic heterocycles. The van der Waals surface area contributed by atoms with Gasteiger partial charge < -0.3 is 10.8 Å². The first-order chi connectivity index (χ1) is 13.4. The molecule has 1 saturated heterocycles. The van der Waals surface area contributed by atoms with E-state index in [-0.39, 0.29) is 17.8 Å². The molecule has 8 heteroatoms. The van der Waals surface area contributed by atoms with Gasteiger partial charge in [-0.2, -0.15) is 5.10 Å². The number of nitrogens with zero attached hydrogens (tertiary/aromatic N) is 4. The summed E-state index contributed by atoms with van der Waals surface area (Å²) in [6, 6.07) is 6.59. The molecule has 1 fully saturated rings. The van der Waals surface area contributed by atoms with Crippen molar-refractivity contribution in [1.82, 2.24) is 14.7 Å². The molecule has 0 aliphatic carbocycles. The predicted molar refractivity (Wildman–Crippen MR) is 107 cm³/mol. The quantitative estimate of drug-likeness (QED) is 0.767. The Kier molecular flexibility index (Phi) is 5.33. The van der Waals surface area contributed by atoms with E-state index in [0.717, 1.165) is 30.8 Å². The third kappa shape index (κ3) is 3.75. The number of rotatable bonds is 4. The summed E-state index contributed by atoms with van der Waals surface area (Å²) in [4.78, 5) is 6.99. The van der Waals surface area contributed by atoms with Gasteiger partial charge in [0.25, 0.3) is 0 Å². The van der Waals surface area contributed by atoms with E-state index in [4.69, 9.17) is 17.3 Å². The number of aromatic nitrogens is 2. The van der Waals surface area contributed by atoms with Crippen molar-refractivity contribution in [2.45, 2.75) is 25.2 Å². The molecule has 148 valence electrons. The number of aliphatic hydroxyl groups is 1. The van der Waals surface area contributed by atoms with Crippen molar-refractivity contribution in [2.75, 3.05) is 13.1 Å². The summed E-state index contributed by atoms with van der Waals surface area (Å²) in [6.45, 7) is 2.34. The second-order valence-electron chi connectivity index (χ2n) is 7.37. The molecule has 1 aromatic heterocycles. The van der Waals surface area contributed by atoms with E-state index in [9.17, 15) is 9.50 Å². The number of dihydropyridines is 1. The van der Waals surface area contributed by atoms with E-state index in [1.807, 2.05) is 17.8 Å². The van der Waals surface area contributed by atoms with Crippen LogP contribution in [0.4, 0.5) is 4.39 Å². The van der Waals surface area contributed by atoms with Gasteiger partial charge in [-0.3, -0.25) is 14.6 Å². The van der Waals surface area contributed by atoms with Crippen LogP contribution >= 0.6 is 11.6 Å². The average molecular weight is 404 g/mol. The lowest BCUT2D eigenvalue weighted by molar-refractivity contribution is 0.171. The Morgan fingerprint density at radius 3 is 2.89 bits per heavy atom. The van der Waals surface area contributed by atoms with Crippen LogP contribution in [0.1, 0.15) is 17.7 Å². The number of piperidine rings is 1. The van der Waals surface area contributed by atoms with Gasteiger partial charge in [0.15, 0.2) is 0 Å². The number of fused-ring (bicyclic) bond motifs is 1. The second kappa shape index (κ2) is 7.75. The highest BCUT2D eigenvalue weighted by atomic mass is 35.5. The summed E-state index contributed by atoms with van der Waals surface area (Å²) < 4.78 is 16.5. The average Bonchev–Trinajstić information content (AvgIpc) is 3.05. The van der Waals surface area contributed by atoms with Gasteiger partial charge in [0, 0.05) is 42.8 Å². The molecule has 3 N–H and O–H groups in total. The lowest BCUT2D eigenvalue weighted by Crippen LogP contribution is -2.46. The normalized spacial score (nSPS) is 23.8. The molecule has 28 heavy (non-hydrogen) atoms. The summed E-state index contributed by atoms with van der Waals surface area (Å²) in [5, 5.41) is 14.5. The van der Waals surface area contributed by atoms with Crippen LogP contribution in [0.15, 0.2) is 41.5 Å². The Labute approximate surface area is 168 Å². The number of aliphatic hydroxyl groups excluding tert-OH is 1. The summed E-state index contributed by atoms with van der Waals surface area (Å²) in [5.74, 6) is -0.302. The number of hydrogen-bond acceptors (Lipinski definition) is 5. The smallest absolute Gasteiger partial charge is 0.145 e. The summed E-state index contributed by atoms with van der Waals surface area (Å²) in [5.41, 5.74) is 8.52. The van der Waals surface area contributed by atoms with Gasteiger partial charge in [-0.25, -0.2) is 4.39 Å². The Morgan fingerprint density at radius 2 is 2.21 bits per heavy atom. The first-order valence-corrected chi connectivity index (χ1v) is 9.68. The van der Waals surface area contributed by atoms with Crippen molar-refractivity contribution in [3.05, 3.63) is 58.6 Å². The number of nitrogens with two attached hydrogens (primary N) is 1. The van der Waals surface area contributed by atoms with E-state index in [1.165, 1.54) is 6.07 Å². The SMILES string of the molecule is Cn1nccc1CN1CCC2C(c3ccc(Cl)cc3F)=CC(C(N)O)=NC2C1. The number of benzene rings is 1. The zero-order chi connectivity index (χ0) is 19.8. The van der Waals surface area contributed by atoms with Crippen LogP contribution < -0.4 is 5.73 Å². The fourth-order valence-electron chi connectivity index (χ4n) is 4.08. The van der Waals surface area contributed by atoms with Crippen LogP contribution in [-0.4, -0.2) is 50.9 Å². The predicted octanol–water partition coefficient (Wildman–Crippen LogP) is 2.22. The number of likely N-dealkylation sites (tertiary alicyclic amines) is 1. The van der Waals surface area contributed by atoms with Gasteiger partial charge in [-0.1, -0.05) is 17.7 Å². The molecule has 3 unspecified atom stereocenters. The number of aryl methyl sites for hydroxylation is 1. The zero-order valence-corrected chi connectivity index (χ0v) is 16.3. The van der Waals surface area contributed by atoms with Crippen molar-refractivity contribution in [3.8, 4) is 0 Å². The van der Waals surface area contributed by atoms with Crippen molar-refractivity contribution in [1.29, 1.82) is 0 Å². The first kappa shape index (κ1) is 19.3. The van der Waals surface area contributed by atoms with Gasteiger partial charge in [-0.05, 0) is 42.8 Å². The molecular weight excluding hydrogens is 381 g/mol. The van der Waals surface area contributed by atoms with E-state index in [0.29, 0.717) is 22.8 Å². The van der Waals surface area contributed by atoms with Crippen molar-refractivity contribution in [2.24, 2.45) is 23.7 Å². The van der Waals surface area contributed by atoms with Crippen molar-refractivity contribution >= 4 is 22.9 Å². The Morgan fingerprint density at radius 1 is 1.39 bits per heavy atom. The van der Waals surface area contributed by atoms with Crippen LogP contribution in [0.25, 0.3) is 5.57 Å². The molecule has 0 radical (unpaired) electrons. The molecule has 4 rings (SSSR count). The Balaban J connectivity index is 1.62. The lowest BCUT2D eigenvalue weighted by Gasteiger charge is -2.40. The zero-order valence-electron chi connectivity index (χ0n) is 15.6. The third-order valence-electron chi connectivity index (χ3n) is 5.54. The van der Waals surface area contributed by atoms with Crippen LogP contribution in [0.2, 0.25) is 5.02 Å². The van der Waals surface area contributed by atoms with Crippen LogP contribution in [-0.2, 0) is 13.6 Å². The highest BCUT2D eigenvalue weighted by Crippen LogP contribution is 2.38. The highest BCUT2D eigenvalue weighted by molar-refractivity contribution is 6.30. The van der Waals surface area contributed by atoms with Crippen molar-refractivity contribution in [3.63, 3.8) is 0 Å². The second-order valence-corrected chi connectivity index (χ2v) is 7.80. The molecule has 6 nitrogen and oxygen atoms in total. The standard InChI is InChI=1S/C20H23ClFN5O/c1-26-13(4-6-24-26)10-27-7-5-15-16(14-3-2-12(21)8-17(14)22)9-18(20(23)28)25-19(15)11-27/h2-4,6,8-9,15,19-20,28H,5,7,10-11,23H2,1H3. The molecule has 0 saturated carbocycles. The molecule has 0 bridgehead atoms. The summed E-state index contributed by atoms with van der Waals surface area (Å²) in [7, 11) is 1.92. The molecule has 0 amide bonds. The van der Waals surface area contributed by atoms with Crippen LogP contribution in [0, 0.1) is 11.7 Å². The topological polar surface area (TPSA) is 79.7 Å². The maximum Gasteiger partial charge on any atom is 0.145 e. The van der Waals surface area contributed by atoms with Gasteiger partial charge in [0.2, 0.25) is 0 Å². The third-order valence-corrected chi connectivity index (χ3v) is 5.77. The maximum atomic E-state index is 14.6. The van der Waals surface area contributed by atoms with E-state index in [2.05, 4.69) is 15.0 Å². The van der Waals surface area contributed by atoms with Gasteiger partial charge >= 0.3 is 0 Å². The lowest BCUT2D eigenvalue weighted by atomic mass is 9.79. The highest BCUT2D eigenvalue weighted by Gasteiger charge is 2.36.